The third-order valence-corrected chi connectivity index (χ3v) is 3.55. The van der Waals surface area contributed by atoms with E-state index >= 15 is 0 Å². The molecule has 0 saturated carbocycles. The average molecular weight is 318 g/mol. The molecule has 1 aliphatic rings. The maximum Gasteiger partial charge on any atom is 0.264 e. The first-order chi connectivity index (χ1) is 9.87. The fraction of sp³-hybridized carbons (Fsp3) is 0.538. The van der Waals surface area contributed by atoms with Crippen molar-refractivity contribution in [3.63, 3.8) is 0 Å². The highest BCUT2D eigenvalue weighted by atomic mass is 32.2. The van der Waals surface area contributed by atoms with E-state index in [1.807, 2.05) is 30.3 Å². The van der Waals surface area contributed by atoms with Crippen LogP contribution >= 0.6 is 0 Å². The van der Waals surface area contributed by atoms with Gasteiger partial charge in [-0.1, -0.05) is 30.3 Å². The Bertz CT molecular complexity index is 545. The molecule has 2 rings (SSSR count). The molecule has 1 aliphatic heterocycles. The van der Waals surface area contributed by atoms with Gasteiger partial charge in [-0.2, -0.15) is 8.42 Å². The molecule has 0 unspecified atom stereocenters. The van der Waals surface area contributed by atoms with Crippen LogP contribution in [0.1, 0.15) is 5.56 Å². The molecule has 2 N–H and O–H groups in total. The zero-order valence-corrected chi connectivity index (χ0v) is 12.3. The summed E-state index contributed by atoms with van der Waals surface area (Å²) in [6, 6.07) is 9.20. The molecule has 8 heteroatoms. The van der Waals surface area contributed by atoms with E-state index < -0.39 is 34.7 Å². The fourth-order valence-corrected chi connectivity index (χ4v) is 2.57. The Morgan fingerprint density at radius 3 is 2.57 bits per heavy atom. The Labute approximate surface area is 123 Å². The molecule has 1 heterocycles. The van der Waals surface area contributed by atoms with Crippen LogP contribution in [0, 0.1) is 0 Å². The van der Waals surface area contributed by atoms with Crippen molar-refractivity contribution in [1.29, 1.82) is 0 Å². The molecule has 4 atom stereocenters. The second kappa shape index (κ2) is 6.82. The van der Waals surface area contributed by atoms with Crippen LogP contribution in [0.5, 0.6) is 0 Å². The van der Waals surface area contributed by atoms with E-state index in [9.17, 15) is 18.6 Å². The zero-order chi connectivity index (χ0) is 15.5. The Balaban J connectivity index is 2.04. The highest BCUT2D eigenvalue weighted by Gasteiger charge is 2.42. The molecule has 1 aromatic rings. The first-order valence-electron chi connectivity index (χ1n) is 6.38. The smallest absolute Gasteiger partial charge is 0.264 e. The molecule has 118 valence electrons. The van der Waals surface area contributed by atoms with Crippen molar-refractivity contribution in [2.45, 2.75) is 31.2 Å². The van der Waals surface area contributed by atoms with Crippen molar-refractivity contribution in [1.82, 2.24) is 0 Å². The van der Waals surface area contributed by atoms with Gasteiger partial charge in [0.25, 0.3) is 10.1 Å². The molecule has 1 saturated heterocycles. The molecule has 0 aromatic heterocycles. The monoisotopic (exact) mass is 318 g/mol. The zero-order valence-electron chi connectivity index (χ0n) is 11.5. The van der Waals surface area contributed by atoms with Crippen molar-refractivity contribution in [3.8, 4) is 0 Å². The summed E-state index contributed by atoms with van der Waals surface area (Å²) in [6.45, 7) is 0.00217. The maximum absolute atomic E-state index is 11.2. The van der Waals surface area contributed by atoms with Gasteiger partial charge in [-0.3, -0.25) is 4.18 Å². The molecule has 0 bridgehead atoms. The molecule has 0 aliphatic carbocycles. The Morgan fingerprint density at radius 1 is 1.29 bits per heavy atom. The molecule has 7 nitrogen and oxygen atoms in total. The number of benzene rings is 1. The first-order valence-corrected chi connectivity index (χ1v) is 8.20. The molecule has 21 heavy (non-hydrogen) atoms. The van der Waals surface area contributed by atoms with E-state index in [4.69, 9.17) is 13.7 Å². The largest absolute Gasteiger partial charge is 0.388 e. The number of hydrogen-bond acceptors (Lipinski definition) is 7. The number of rotatable bonds is 5. The summed E-state index contributed by atoms with van der Waals surface area (Å²) in [5.41, 5.74) is 0.861. The number of aliphatic hydroxyl groups is 2. The average Bonchev–Trinajstić information content (AvgIpc) is 2.43. The summed E-state index contributed by atoms with van der Waals surface area (Å²) in [7, 11) is -3.83. The van der Waals surface area contributed by atoms with Gasteiger partial charge in [0.05, 0.1) is 19.5 Å². The molecule has 0 spiro atoms. The lowest BCUT2D eigenvalue weighted by molar-refractivity contribution is -0.266. The van der Waals surface area contributed by atoms with Gasteiger partial charge in [0.15, 0.2) is 12.4 Å². The lowest BCUT2D eigenvalue weighted by atomic mass is 10.1. The number of aliphatic hydroxyl groups excluding tert-OH is 2. The van der Waals surface area contributed by atoms with Gasteiger partial charge < -0.3 is 19.7 Å². The second-order valence-electron chi connectivity index (χ2n) is 4.82. The van der Waals surface area contributed by atoms with Crippen LogP contribution in [0.4, 0.5) is 0 Å². The van der Waals surface area contributed by atoms with E-state index in [0.29, 0.717) is 0 Å². The first kappa shape index (κ1) is 16.3. The molecule has 0 radical (unpaired) electrons. The summed E-state index contributed by atoms with van der Waals surface area (Å²) in [4.78, 5) is 0. The Morgan fingerprint density at radius 2 is 1.95 bits per heavy atom. The van der Waals surface area contributed by atoms with Gasteiger partial charge in [-0.15, -0.1) is 0 Å². The third kappa shape index (κ3) is 4.73. The maximum atomic E-state index is 11.2. The second-order valence-corrected chi connectivity index (χ2v) is 6.42. The van der Waals surface area contributed by atoms with Crippen molar-refractivity contribution < 1.29 is 32.3 Å². The summed E-state index contributed by atoms with van der Waals surface area (Å²) >= 11 is 0. The van der Waals surface area contributed by atoms with Gasteiger partial charge in [-0.05, 0) is 5.56 Å². The van der Waals surface area contributed by atoms with Crippen LogP contribution in [-0.4, -0.2) is 56.1 Å². The van der Waals surface area contributed by atoms with Crippen LogP contribution in [0.25, 0.3) is 0 Å². The topological polar surface area (TPSA) is 102 Å². The minimum atomic E-state index is -3.83. The van der Waals surface area contributed by atoms with Crippen molar-refractivity contribution in [3.05, 3.63) is 35.9 Å². The van der Waals surface area contributed by atoms with Crippen molar-refractivity contribution in [2.24, 2.45) is 0 Å². The molecule has 1 aromatic carbocycles. The van der Waals surface area contributed by atoms with Crippen molar-refractivity contribution in [2.75, 3.05) is 12.9 Å². The fourth-order valence-electron chi connectivity index (χ4n) is 1.97. The standard InChI is InChI=1S/C13H18O7S/c1-21(16,17)20-12-11(15)10(14)8-19-13(12)18-7-9-5-3-2-4-6-9/h2-6,10-15H,7-8H2,1H3/t10-,11-,12+,13+/m1/s1. The molecule has 0 amide bonds. The van der Waals surface area contributed by atoms with Crippen LogP contribution in [-0.2, 0) is 30.4 Å². The summed E-state index contributed by atoms with van der Waals surface area (Å²) in [6.07, 6.45) is -4.18. The predicted molar refractivity (Wildman–Crippen MR) is 72.7 cm³/mol. The number of hydrogen-bond donors (Lipinski definition) is 2. The number of ether oxygens (including phenoxy) is 2. The van der Waals surface area contributed by atoms with Gasteiger partial charge in [0.1, 0.15) is 12.2 Å². The third-order valence-electron chi connectivity index (χ3n) is 2.97. The van der Waals surface area contributed by atoms with Gasteiger partial charge in [0.2, 0.25) is 0 Å². The molecular weight excluding hydrogens is 300 g/mol. The van der Waals surface area contributed by atoms with Crippen LogP contribution in [0.3, 0.4) is 0 Å². The summed E-state index contributed by atoms with van der Waals surface area (Å²) in [5, 5.41) is 19.4. The normalized spacial score (nSPS) is 30.2. The molecule has 1 fully saturated rings. The minimum Gasteiger partial charge on any atom is -0.388 e. The summed E-state index contributed by atoms with van der Waals surface area (Å²) < 4.78 is 37.9. The Hall–Kier alpha value is -1.03. The van der Waals surface area contributed by atoms with Crippen LogP contribution in [0.15, 0.2) is 30.3 Å². The van der Waals surface area contributed by atoms with Crippen molar-refractivity contribution >= 4 is 10.1 Å². The van der Waals surface area contributed by atoms with Crippen LogP contribution < -0.4 is 0 Å². The van der Waals surface area contributed by atoms with Crippen LogP contribution in [0.2, 0.25) is 0 Å². The van der Waals surface area contributed by atoms with Gasteiger partial charge in [-0.25, -0.2) is 0 Å². The lowest BCUT2D eigenvalue weighted by Gasteiger charge is -2.36. The lowest BCUT2D eigenvalue weighted by Crippen LogP contribution is -2.55. The van der Waals surface area contributed by atoms with E-state index in [0.717, 1.165) is 11.8 Å². The predicted octanol–water partition coefficient (Wildman–Crippen LogP) is -0.374. The molecular formula is C13H18O7S. The highest BCUT2D eigenvalue weighted by molar-refractivity contribution is 7.86. The highest BCUT2D eigenvalue weighted by Crippen LogP contribution is 2.22. The van der Waals surface area contributed by atoms with Gasteiger partial charge >= 0.3 is 0 Å². The SMILES string of the molecule is CS(=O)(=O)O[C@@H]1[C@@H](OCc2ccccc2)OC[C@@H](O)[C@H]1O. The quantitative estimate of drug-likeness (QED) is 0.714. The van der Waals surface area contributed by atoms with E-state index in [2.05, 4.69) is 0 Å². The Kier molecular flexibility index (Phi) is 5.31. The minimum absolute atomic E-state index is 0.162. The van der Waals surface area contributed by atoms with Gasteiger partial charge in [0, 0.05) is 0 Å². The van der Waals surface area contributed by atoms with E-state index in [-0.39, 0.29) is 13.2 Å². The summed E-state index contributed by atoms with van der Waals surface area (Å²) in [5.74, 6) is 0. The van der Waals surface area contributed by atoms with E-state index in [1.165, 1.54) is 0 Å². The van der Waals surface area contributed by atoms with E-state index in [1.54, 1.807) is 0 Å².